The molecule has 0 spiro atoms. The molecule has 0 aliphatic heterocycles. The Kier molecular flexibility index (Phi) is 5.46. The molecule has 1 aliphatic rings. The summed E-state index contributed by atoms with van der Waals surface area (Å²) >= 11 is 0. The van der Waals surface area contributed by atoms with Crippen LogP contribution in [-0.2, 0) is 9.53 Å². The standard InChI is InChI=1S/C15H24O2/c1-15(2)11-7-9-13(12-15)8-5-4-6-10-14(16)17-3/h7,9,11H,4-6,8,10,12H2,1-3H3. The van der Waals surface area contributed by atoms with Crippen LogP contribution >= 0.6 is 0 Å². The molecule has 0 heterocycles. The van der Waals surface area contributed by atoms with Crippen molar-refractivity contribution in [3.63, 3.8) is 0 Å². The van der Waals surface area contributed by atoms with Gasteiger partial charge in [-0.05, 0) is 31.1 Å². The maximum absolute atomic E-state index is 10.9. The third-order valence-corrected chi connectivity index (χ3v) is 3.17. The second-order valence-corrected chi connectivity index (χ2v) is 5.49. The van der Waals surface area contributed by atoms with Crippen molar-refractivity contribution in [1.82, 2.24) is 0 Å². The molecular weight excluding hydrogens is 212 g/mol. The van der Waals surface area contributed by atoms with Crippen LogP contribution in [0.5, 0.6) is 0 Å². The molecule has 0 aromatic rings. The van der Waals surface area contributed by atoms with Crippen LogP contribution in [0, 0.1) is 5.41 Å². The number of rotatable bonds is 6. The normalized spacial score (nSPS) is 17.7. The van der Waals surface area contributed by atoms with Gasteiger partial charge >= 0.3 is 5.97 Å². The zero-order valence-corrected chi connectivity index (χ0v) is 11.3. The van der Waals surface area contributed by atoms with E-state index in [1.54, 1.807) is 0 Å². The fraction of sp³-hybridized carbons (Fsp3) is 0.667. The zero-order valence-electron chi connectivity index (χ0n) is 11.3. The lowest BCUT2D eigenvalue weighted by Crippen LogP contribution is -2.11. The predicted octanol–water partition coefficient (Wildman–Crippen LogP) is 4.02. The molecule has 2 nitrogen and oxygen atoms in total. The Hall–Kier alpha value is -1.05. The SMILES string of the molecule is COC(=O)CCCCCC1=CC=CC(C)(C)C1. The number of hydrogen-bond donors (Lipinski definition) is 0. The number of allylic oxidation sites excluding steroid dienone is 4. The number of ether oxygens (including phenoxy) is 1. The van der Waals surface area contributed by atoms with E-state index in [1.165, 1.54) is 25.5 Å². The number of carbonyl (C=O) groups is 1. The van der Waals surface area contributed by atoms with E-state index in [0.29, 0.717) is 11.8 Å². The van der Waals surface area contributed by atoms with Crippen LogP contribution in [0.4, 0.5) is 0 Å². The first-order valence-corrected chi connectivity index (χ1v) is 6.47. The highest BCUT2D eigenvalue weighted by atomic mass is 16.5. The van der Waals surface area contributed by atoms with Crippen LogP contribution < -0.4 is 0 Å². The van der Waals surface area contributed by atoms with Gasteiger partial charge < -0.3 is 4.74 Å². The van der Waals surface area contributed by atoms with Gasteiger partial charge in [0.2, 0.25) is 0 Å². The van der Waals surface area contributed by atoms with Crippen LogP contribution in [0.15, 0.2) is 23.8 Å². The Morgan fingerprint density at radius 2 is 2.12 bits per heavy atom. The molecule has 17 heavy (non-hydrogen) atoms. The van der Waals surface area contributed by atoms with Crippen molar-refractivity contribution in [1.29, 1.82) is 0 Å². The van der Waals surface area contributed by atoms with Gasteiger partial charge in [0.1, 0.15) is 0 Å². The Morgan fingerprint density at radius 1 is 1.35 bits per heavy atom. The third kappa shape index (κ3) is 5.71. The molecule has 0 amide bonds. The van der Waals surface area contributed by atoms with E-state index in [2.05, 4.69) is 36.8 Å². The molecule has 0 fully saturated rings. The molecule has 96 valence electrons. The van der Waals surface area contributed by atoms with Gasteiger partial charge in [0.15, 0.2) is 0 Å². The summed E-state index contributed by atoms with van der Waals surface area (Å²) in [5.41, 5.74) is 1.85. The summed E-state index contributed by atoms with van der Waals surface area (Å²) in [7, 11) is 1.45. The van der Waals surface area contributed by atoms with E-state index in [4.69, 9.17) is 0 Å². The Morgan fingerprint density at radius 3 is 2.76 bits per heavy atom. The van der Waals surface area contributed by atoms with Crippen LogP contribution in [0.25, 0.3) is 0 Å². The first kappa shape index (κ1) is 14.0. The summed E-state index contributed by atoms with van der Waals surface area (Å²) in [6.07, 6.45) is 12.8. The molecule has 1 rings (SSSR count). The topological polar surface area (TPSA) is 26.3 Å². The molecule has 0 saturated carbocycles. The first-order chi connectivity index (χ1) is 8.03. The lowest BCUT2D eigenvalue weighted by Gasteiger charge is -2.25. The van der Waals surface area contributed by atoms with Crippen LogP contribution in [0.2, 0.25) is 0 Å². The number of esters is 1. The van der Waals surface area contributed by atoms with Gasteiger partial charge in [-0.3, -0.25) is 4.79 Å². The Bertz CT molecular complexity index is 311. The number of carbonyl (C=O) groups excluding carboxylic acids is 1. The van der Waals surface area contributed by atoms with Crippen molar-refractivity contribution < 1.29 is 9.53 Å². The molecule has 0 aromatic carbocycles. The van der Waals surface area contributed by atoms with Gasteiger partial charge in [-0.15, -0.1) is 0 Å². The van der Waals surface area contributed by atoms with E-state index in [1.807, 2.05) is 0 Å². The number of unbranched alkanes of at least 4 members (excludes halogenated alkanes) is 2. The number of methoxy groups -OCH3 is 1. The average Bonchev–Trinajstić information content (AvgIpc) is 2.27. The molecule has 0 N–H and O–H groups in total. The van der Waals surface area contributed by atoms with Crippen molar-refractivity contribution in [3.05, 3.63) is 23.8 Å². The average molecular weight is 236 g/mol. The Labute approximate surface area is 105 Å². The maximum Gasteiger partial charge on any atom is 0.305 e. The smallest absolute Gasteiger partial charge is 0.305 e. The van der Waals surface area contributed by atoms with Crippen LogP contribution in [-0.4, -0.2) is 13.1 Å². The minimum absolute atomic E-state index is 0.0917. The molecule has 0 bridgehead atoms. The molecule has 0 radical (unpaired) electrons. The second kappa shape index (κ2) is 6.63. The van der Waals surface area contributed by atoms with E-state index < -0.39 is 0 Å². The van der Waals surface area contributed by atoms with Gasteiger partial charge in [0.05, 0.1) is 7.11 Å². The molecule has 0 atom stereocenters. The summed E-state index contributed by atoms with van der Waals surface area (Å²) in [6, 6.07) is 0. The van der Waals surface area contributed by atoms with Crippen LogP contribution in [0.3, 0.4) is 0 Å². The van der Waals surface area contributed by atoms with E-state index in [9.17, 15) is 4.79 Å². The monoisotopic (exact) mass is 236 g/mol. The van der Waals surface area contributed by atoms with Crippen molar-refractivity contribution in [3.8, 4) is 0 Å². The highest BCUT2D eigenvalue weighted by molar-refractivity contribution is 5.68. The molecule has 0 saturated heterocycles. The summed E-state index contributed by atoms with van der Waals surface area (Å²) in [6.45, 7) is 4.54. The van der Waals surface area contributed by atoms with Crippen LogP contribution in [0.1, 0.15) is 52.4 Å². The van der Waals surface area contributed by atoms with Crippen molar-refractivity contribution >= 4 is 5.97 Å². The molecule has 2 heteroatoms. The fourth-order valence-corrected chi connectivity index (χ4v) is 2.22. The largest absolute Gasteiger partial charge is 0.469 e. The molecule has 0 unspecified atom stereocenters. The summed E-state index contributed by atoms with van der Waals surface area (Å²) in [5, 5.41) is 0. The first-order valence-electron chi connectivity index (χ1n) is 6.47. The van der Waals surface area contributed by atoms with Crippen molar-refractivity contribution in [2.45, 2.75) is 52.4 Å². The van der Waals surface area contributed by atoms with E-state index in [-0.39, 0.29) is 5.97 Å². The minimum Gasteiger partial charge on any atom is -0.469 e. The predicted molar refractivity (Wildman–Crippen MR) is 70.7 cm³/mol. The van der Waals surface area contributed by atoms with Crippen molar-refractivity contribution in [2.24, 2.45) is 5.41 Å². The third-order valence-electron chi connectivity index (χ3n) is 3.17. The molecule has 1 aliphatic carbocycles. The highest BCUT2D eigenvalue weighted by Crippen LogP contribution is 2.32. The lowest BCUT2D eigenvalue weighted by atomic mass is 9.81. The van der Waals surface area contributed by atoms with Gasteiger partial charge in [0.25, 0.3) is 0 Å². The summed E-state index contributed by atoms with van der Waals surface area (Å²) < 4.78 is 4.61. The summed E-state index contributed by atoms with van der Waals surface area (Å²) in [5.74, 6) is -0.0917. The number of hydrogen-bond acceptors (Lipinski definition) is 2. The second-order valence-electron chi connectivity index (χ2n) is 5.49. The van der Waals surface area contributed by atoms with E-state index >= 15 is 0 Å². The Balaban J connectivity index is 2.13. The van der Waals surface area contributed by atoms with Gasteiger partial charge in [-0.2, -0.15) is 0 Å². The van der Waals surface area contributed by atoms with Gasteiger partial charge in [0, 0.05) is 6.42 Å². The fourth-order valence-electron chi connectivity index (χ4n) is 2.22. The lowest BCUT2D eigenvalue weighted by molar-refractivity contribution is -0.140. The molecular formula is C15H24O2. The van der Waals surface area contributed by atoms with Gasteiger partial charge in [-0.25, -0.2) is 0 Å². The highest BCUT2D eigenvalue weighted by Gasteiger charge is 2.18. The van der Waals surface area contributed by atoms with E-state index in [0.717, 1.165) is 19.3 Å². The van der Waals surface area contributed by atoms with Crippen molar-refractivity contribution in [2.75, 3.05) is 7.11 Å². The maximum atomic E-state index is 10.9. The van der Waals surface area contributed by atoms with Gasteiger partial charge in [-0.1, -0.05) is 44.1 Å². The zero-order chi connectivity index (χ0) is 12.7. The minimum atomic E-state index is -0.0917. The summed E-state index contributed by atoms with van der Waals surface area (Å²) in [4.78, 5) is 10.9. The quantitative estimate of drug-likeness (QED) is 0.514. The molecule has 0 aromatic heterocycles.